The minimum atomic E-state index is 0.0545. The number of carbonyl (C=O) groups is 1. The Morgan fingerprint density at radius 3 is 1.94 bits per heavy atom. The molecule has 33 heavy (non-hydrogen) atoms. The van der Waals surface area contributed by atoms with Gasteiger partial charge in [-0.1, -0.05) is 11.8 Å². The van der Waals surface area contributed by atoms with Gasteiger partial charge in [-0.3, -0.25) is 4.79 Å². The zero-order valence-electron chi connectivity index (χ0n) is 19.5. The maximum atomic E-state index is 13.1. The number of rotatable bonds is 5. The molecule has 1 aromatic rings. The summed E-state index contributed by atoms with van der Waals surface area (Å²) in [5.41, 5.74) is 2.10. The third-order valence-corrected chi connectivity index (χ3v) is 11.3. The lowest BCUT2D eigenvalue weighted by Gasteiger charge is -2.56. The summed E-state index contributed by atoms with van der Waals surface area (Å²) in [6, 6.07) is 6.43. The maximum Gasteiger partial charge on any atom is 0.230 e. The van der Waals surface area contributed by atoms with E-state index in [1.54, 1.807) is 0 Å². The molecular weight excluding hydrogens is 426 g/mol. The van der Waals surface area contributed by atoms with Gasteiger partial charge in [-0.2, -0.15) is 5.26 Å². The number of carbonyl (C=O) groups excluding carboxylic acids is 1. The quantitative estimate of drug-likeness (QED) is 0.580. The highest BCUT2D eigenvalue weighted by Gasteiger charge is 2.53. The van der Waals surface area contributed by atoms with Gasteiger partial charge in [-0.15, -0.1) is 0 Å². The Balaban J connectivity index is 1.07. The number of hydrogen-bond acceptors (Lipinski definition) is 4. The molecule has 8 aliphatic rings. The summed E-state index contributed by atoms with van der Waals surface area (Å²) in [6.07, 6.45) is 15.8. The standard InChI is InChI=1S/C28H35N3OS/c29-15-23-1-2-24(27-9-17-3-18(10-27)5-19(4-17)11-27)30-26(23)33-16-25(32)31-28-12-20-6-21(13-28)8-22(7-20)14-28/h1-2,17-22H,3-14,16H2,(H,31,32). The number of amides is 1. The van der Waals surface area contributed by atoms with Gasteiger partial charge in [0, 0.05) is 16.6 Å². The van der Waals surface area contributed by atoms with E-state index in [2.05, 4.69) is 17.5 Å². The molecule has 8 saturated carbocycles. The Labute approximate surface area is 201 Å². The highest BCUT2D eigenvalue weighted by molar-refractivity contribution is 8.00. The van der Waals surface area contributed by atoms with E-state index in [1.165, 1.54) is 94.5 Å². The van der Waals surface area contributed by atoms with Crippen molar-refractivity contribution < 1.29 is 4.79 Å². The minimum absolute atomic E-state index is 0.0545. The fourth-order valence-electron chi connectivity index (χ4n) is 10.1. The van der Waals surface area contributed by atoms with Crippen molar-refractivity contribution in [3.63, 3.8) is 0 Å². The van der Waals surface area contributed by atoms with E-state index in [4.69, 9.17) is 4.98 Å². The lowest BCUT2D eigenvalue weighted by atomic mass is 9.49. The van der Waals surface area contributed by atoms with Crippen LogP contribution in [0.3, 0.4) is 0 Å². The predicted octanol–water partition coefficient (Wildman–Crippen LogP) is 5.60. The highest BCUT2D eigenvalue weighted by Crippen LogP contribution is 2.60. The minimum Gasteiger partial charge on any atom is -0.350 e. The van der Waals surface area contributed by atoms with Gasteiger partial charge in [0.2, 0.25) is 5.91 Å². The molecule has 5 heteroatoms. The number of pyridine rings is 1. The first-order valence-electron chi connectivity index (χ1n) is 13.4. The molecule has 0 spiro atoms. The topological polar surface area (TPSA) is 65.8 Å². The highest BCUT2D eigenvalue weighted by atomic mass is 32.2. The van der Waals surface area contributed by atoms with E-state index in [1.807, 2.05) is 6.07 Å². The number of nitriles is 1. The van der Waals surface area contributed by atoms with Crippen molar-refractivity contribution in [1.29, 1.82) is 5.26 Å². The van der Waals surface area contributed by atoms with Crippen LogP contribution < -0.4 is 5.32 Å². The summed E-state index contributed by atoms with van der Waals surface area (Å²) < 4.78 is 0. The third-order valence-electron chi connectivity index (χ3n) is 10.3. The van der Waals surface area contributed by atoms with Gasteiger partial charge in [0.15, 0.2) is 0 Å². The van der Waals surface area contributed by atoms with E-state index in [0.717, 1.165) is 40.5 Å². The van der Waals surface area contributed by atoms with Gasteiger partial charge in [0.05, 0.1) is 11.3 Å². The molecular formula is C28H35N3OS. The molecule has 9 rings (SSSR count). The maximum absolute atomic E-state index is 13.1. The summed E-state index contributed by atoms with van der Waals surface area (Å²) in [6.45, 7) is 0. The monoisotopic (exact) mass is 461 g/mol. The van der Waals surface area contributed by atoms with Crippen LogP contribution in [0.1, 0.15) is 88.3 Å². The van der Waals surface area contributed by atoms with Crippen molar-refractivity contribution in [2.45, 2.75) is 93.0 Å². The fraction of sp³-hybridized carbons (Fsp3) is 0.750. The zero-order chi connectivity index (χ0) is 22.2. The fourth-order valence-corrected chi connectivity index (χ4v) is 10.9. The SMILES string of the molecule is N#Cc1ccc(C23CC4CC(CC(C4)C2)C3)nc1SCC(=O)NC12CC3CC(CC(C3)C1)C2. The van der Waals surface area contributed by atoms with Crippen LogP contribution in [-0.4, -0.2) is 22.2 Å². The van der Waals surface area contributed by atoms with E-state index in [0.29, 0.717) is 11.3 Å². The Hall–Kier alpha value is -1.54. The first-order valence-corrected chi connectivity index (χ1v) is 14.3. The molecule has 0 atom stereocenters. The van der Waals surface area contributed by atoms with Gasteiger partial charge in [-0.25, -0.2) is 4.98 Å². The van der Waals surface area contributed by atoms with E-state index in [9.17, 15) is 10.1 Å². The third kappa shape index (κ3) is 3.54. The van der Waals surface area contributed by atoms with Crippen LogP contribution in [0.25, 0.3) is 0 Å². The van der Waals surface area contributed by atoms with Crippen molar-refractivity contribution in [3.05, 3.63) is 23.4 Å². The lowest BCUT2D eigenvalue weighted by molar-refractivity contribution is -0.124. The Morgan fingerprint density at radius 1 is 0.909 bits per heavy atom. The summed E-state index contributed by atoms with van der Waals surface area (Å²) in [5.74, 6) is 5.60. The van der Waals surface area contributed by atoms with E-state index in [-0.39, 0.29) is 16.9 Å². The molecule has 8 fully saturated rings. The van der Waals surface area contributed by atoms with Crippen molar-refractivity contribution in [2.24, 2.45) is 35.5 Å². The van der Waals surface area contributed by atoms with Gasteiger partial charge in [-0.05, 0) is 125 Å². The molecule has 1 amide bonds. The largest absolute Gasteiger partial charge is 0.350 e. The molecule has 8 aliphatic carbocycles. The van der Waals surface area contributed by atoms with E-state index >= 15 is 0 Å². The van der Waals surface area contributed by atoms with Gasteiger partial charge >= 0.3 is 0 Å². The van der Waals surface area contributed by atoms with Crippen molar-refractivity contribution in [3.8, 4) is 6.07 Å². The summed E-state index contributed by atoms with van der Waals surface area (Å²) in [7, 11) is 0. The molecule has 1 heterocycles. The van der Waals surface area contributed by atoms with Crippen LogP contribution in [0.2, 0.25) is 0 Å². The van der Waals surface area contributed by atoms with Crippen LogP contribution in [-0.2, 0) is 10.2 Å². The van der Waals surface area contributed by atoms with Crippen LogP contribution in [0.4, 0.5) is 0 Å². The molecule has 0 radical (unpaired) electrons. The average Bonchev–Trinajstić information content (AvgIpc) is 2.75. The molecule has 1 N–H and O–H groups in total. The number of hydrogen-bond donors (Lipinski definition) is 1. The van der Waals surface area contributed by atoms with Crippen LogP contribution in [0.15, 0.2) is 17.2 Å². The zero-order valence-corrected chi connectivity index (χ0v) is 20.3. The van der Waals surface area contributed by atoms with Crippen molar-refractivity contribution in [1.82, 2.24) is 10.3 Å². The first-order chi connectivity index (χ1) is 16.0. The number of nitrogens with zero attached hydrogens (tertiary/aromatic N) is 2. The smallest absolute Gasteiger partial charge is 0.230 e. The Kier molecular flexibility index (Phi) is 4.71. The summed E-state index contributed by atoms with van der Waals surface area (Å²) >= 11 is 1.48. The predicted molar refractivity (Wildman–Crippen MR) is 129 cm³/mol. The molecule has 174 valence electrons. The normalized spacial score (nSPS) is 44.1. The molecule has 0 saturated heterocycles. The molecule has 8 bridgehead atoms. The summed E-state index contributed by atoms with van der Waals surface area (Å²) in [5, 5.41) is 14.0. The van der Waals surface area contributed by atoms with Gasteiger partial charge < -0.3 is 5.32 Å². The van der Waals surface area contributed by atoms with Crippen LogP contribution in [0.5, 0.6) is 0 Å². The van der Waals surface area contributed by atoms with Gasteiger partial charge in [0.25, 0.3) is 0 Å². The van der Waals surface area contributed by atoms with Crippen molar-refractivity contribution >= 4 is 17.7 Å². The average molecular weight is 462 g/mol. The second-order valence-electron chi connectivity index (χ2n) is 12.9. The van der Waals surface area contributed by atoms with Gasteiger partial charge in [0.1, 0.15) is 11.1 Å². The number of nitrogens with one attached hydrogen (secondary N) is 1. The molecule has 0 aromatic carbocycles. The van der Waals surface area contributed by atoms with Crippen molar-refractivity contribution in [2.75, 3.05) is 5.75 Å². The second-order valence-corrected chi connectivity index (χ2v) is 13.9. The van der Waals surface area contributed by atoms with Crippen LogP contribution >= 0.6 is 11.8 Å². The molecule has 0 unspecified atom stereocenters. The first kappa shape index (κ1) is 20.8. The summed E-state index contributed by atoms with van der Waals surface area (Å²) in [4.78, 5) is 18.2. The second kappa shape index (κ2) is 7.48. The Morgan fingerprint density at radius 2 is 1.42 bits per heavy atom. The molecule has 0 aliphatic heterocycles. The van der Waals surface area contributed by atoms with E-state index < -0.39 is 0 Å². The lowest BCUT2D eigenvalue weighted by Crippen LogP contribution is -2.60. The molecule has 1 aromatic heterocycles. The number of thioether (sulfide) groups is 1. The Bertz CT molecular complexity index is 956. The number of aromatic nitrogens is 1. The molecule has 4 nitrogen and oxygen atoms in total. The van der Waals surface area contributed by atoms with Crippen LogP contribution in [0, 0.1) is 46.8 Å².